The molecule has 0 radical (unpaired) electrons. The van der Waals surface area contributed by atoms with Crippen LogP contribution in [0.5, 0.6) is 0 Å². The first kappa shape index (κ1) is 12.2. The lowest BCUT2D eigenvalue weighted by molar-refractivity contribution is 0.365. The molecule has 0 bridgehead atoms. The maximum atomic E-state index is 3.71. The third-order valence-corrected chi connectivity index (χ3v) is 5.87. The summed E-state index contributed by atoms with van der Waals surface area (Å²) in [5.41, 5.74) is 0. The van der Waals surface area contributed by atoms with E-state index in [2.05, 4.69) is 32.7 Å². The van der Waals surface area contributed by atoms with E-state index in [1.54, 1.807) is 4.88 Å². The molecular weight excluding hydrogens is 294 g/mol. The normalized spacial score (nSPS) is 28.8. The Hall–Kier alpha value is 0.140. The van der Waals surface area contributed by atoms with Gasteiger partial charge in [0.2, 0.25) is 0 Å². The highest BCUT2D eigenvalue weighted by Gasteiger charge is 2.29. The molecule has 2 aliphatic rings. The zero-order valence-electron chi connectivity index (χ0n) is 10.1. The third kappa shape index (κ3) is 3.33. The summed E-state index contributed by atoms with van der Waals surface area (Å²) in [5.74, 6) is 1.85. The Balaban J connectivity index is 1.53. The highest BCUT2D eigenvalue weighted by Crippen LogP contribution is 2.36. The van der Waals surface area contributed by atoms with E-state index in [0.717, 1.165) is 17.9 Å². The zero-order chi connectivity index (χ0) is 11.7. The Kier molecular flexibility index (Phi) is 3.88. The quantitative estimate of drug-likeness (QED) is 0.858. The Morgan fingerprint density at radius 3 is 2.76 bits per heavy atom. The summed E-state index contributed by atoms with van der Waals surface area (Å²) in [5, 5.41) is 5.92. The molecule has 0 aliphatic heterocycles. The van der Waals surface area contributed by atoms with Gasteiger partial charge in [-0.2, -0.15) is 0 Å². The van der Waals surface area contributed by atoms with Crippen LogP contribution < -0.4 is 5.32 Å². The predicted octanol–water partition coefficient (Wildman–Crippen LogP) is 4.22. The molecule has 17 heavy (non-hydrogen) atoms. The van der Waals surface area contributed by atoms with Gasteiger partial charge in [0.15, 0.2) is 0 Å². The van der Waals surface area contributed by atoms with E-state index < -0.39 is 0 Å². The smallest absolute Gasteiger partial charge is 0.0285 e. The third-order valence-electron chi connectivity index (χ3n) is 4.15. The lowest BCUT2D eigenvalue weighted by atomic mass is 9.92. The number of thiophene rings is 1. The first-order chi connectivity index (χ1) is 8.31. The van der Waals surface area contributed by atoms with Crippen LogP contribution >= 0.6 is 27.3 Å². The van der Waals surface area contributed by atoms with Crippen molar-refractivity contribution < 1.29 is 0 Å². The van der Waals surface area contributed by atoms with E-state index in [4.69, 9.17) is 0 Å². The molecule has 94 valence electrons. The molecule has 2 atom stereocenters. The Bertz CT molecular complexity index is 372. The first-order valence-corrected chi connectivity index (χ1v) is 8.45. The number of hydrogen-bond donors (Lipinski definition) is 1. The van der Waals surface area contributed by atoms with Crippen LogP contribution in [0.3, 0.4) is 0 Å². The molecule has 1 nitrogen and oxygen atoms in total. The van der Waals surface area contributed by atoms with Crippen molar-refractivity contribution in [1.82, 2.24) is 5.32 Å². The molecule has 2 unspecified atom stereocenters. The van der Waals surface area contributed by atoms with Gasteiger partial charge in [0.05, 0.1) is 0 Å². The van der Waals surface area contributed by atoms with Crippen molar-refractivity contribution in [3.63, 3.8) is 0 Å². The summed E-state index contributed by atoms with van der Waals surface area (Å²) in [7, 11) is 0. The second-order valence-electron chi connectivity index (χ2n) is 5.57. The average Bonchev–Trinajstić information content (AvgIpc) is 2.90. The van der Waals surface area contributed by atoms with E-state index in [9.17, 15) is 0 Å². The second kappa shape index (κ2) is 5.41. The van der Waals surface area contributed by atoms with Gasteiger partial charge < -0.3 is 5.32 Å². The predicted molar refractivity (Wildman–Crippen MR) is 77.6 cm³/mol. The minimum Gasteiger partial charge on any atom is -0.314 e. The van der Waals surface area contributed by atoms with Crippen molar-refractivity contribution in [1.29, 1.82) is 0 Å². The number of halogens is 1. The summed E-state index contributed by atoms with van der Waals surface area (Å²) >= 11 is 5.46. The fraction of sp³-hybridized carbons (Fsp3) is 0.714. The van der Waals surface area contributed by atoms with Crippen LogP contribution in [0.15, 0.2) is 15.9 Å². The van der Waals surface area contributed by atoms with E-state index in [-0.39, 0.29) is 0 Å². The number of rotatable bonds is 5. The fourth-order valence-electron chi connectivity index (χ4n) is 2.98. The van der Waals surface area contributed by atoms with Crippen molar-refractivity contribution in [2.24, 2.45) is 11.8 Å². The van der Waals surface area contributed by atoms with Gasteiger partial charge in [-0.25, -0.2) is 0 Å². The maximum Gasteiger partial charge on any atom is 0.0285 e. The molecule has 0 saturated heterocycles. The average molecular weight is 314 g/mol. The summed E-state index contributed by atoms with van der Waals surface area (Å²) < 4.78 is 1.25. The van der Waals surface area contributed by atoms with Crippen LogP contribution in [0.4, 0.5) is 0 Å². The molecule has 0 aromatic carbocycles. The SMILES string of the molecule is Brc1csc(CC2CCCC2CNC2CC2)c1. The van der Waals surface area contributed by atoms with Crippen LogP contribution in [-0.4, -0.2) is 12.6 Å². The molecule has 1 N–H and O–H groups in total. The minimum absolute atomic E-state index is 0.868. The second-order valence-corrected chi connectivity index (χ2v) is 7.48. The molecule has 1 aromatic rings. The van der Waals surface area contributed by atoms with Gasteiger partial charge in [0, 0.05) is 20.8 Å². The molecule has 3 rings (SSSR count). The van der Waals surface area contributed by atoms with Crippen molar-refractivity contribution in [3.8, 4) is 0 Å². The maximum absolute atomic E-state index is 3.71. The summed E-state index contributed by atoms with van der Waals surface area (Å²) in [6, 6.07) is 3.17. The molecule has 1 heterocycles. The van der Waals surface area contributed by atoms with Gasteiger partial charge in [-0.1, -0.05) is 6.42 Å². The number of hydrogen-bond acceptors (Lipinski definition) is 2. The van der Waals surface area contributed by atoms with Gasteiger partial charge in [-0.3, -0.25) is 0 Å². The van der Waals surface area contributed by atoms with Gasteiger partial charge in [-0.05, 0) is 72.5 Å². The Morgan fingerprint density at radius 2 is 2.06 bits per heavy atom. The molecular formula is C14H20BrNS. The molecule has 2 fully saturated rings. The van der Waals surface area contributed by atoms with Crippen LogP contribution in [0.2, 0.25) is 0 Å². The lowest BCUT2D eigenvalue weighted by Crippen LogP contribution is -2.27. The molecule has 1 aromatic heterocycles. The van der Waals surface area contributed by atoms with Gasteiger partial charge in [0.25, 0.3) is 0 Å². The Morgan fingerprint density at radius 1 is 1.24 bits per heavy atom. The highest BCUT2D eigenvalue weighted by atomic mass is 79.9. The number of nitrogens with one attached hydrogen (secondary N) is 1. The summed E-state index contributed by atoms with van der Waals surface area (Å²) in [6.07, 6.45) is 8.44. The van der Waals surface area contributed by atoms with E-state index in [1.165, 1.54) is 49.5 Å². The van der Waals surface area contributed by atoms with Crippen molar-refractivity contribution in [2.45, 2.75) is 44.6 Å². The molecule has 0 spiro atoms. The van der Waals surface area contributed by atoms with Crippen molar-refractivity contribution in [2.75, 3.05) is 6.54 Å². The topological polar surface area (TPSA) is 12.0 Å². The fourth-order valence-corrected chi connectivity index (χ4v) is 4.52. The molecule has 0 amide bonds. The minimum atomic E-state index is 0.868. The van der Waals surface area contributed by atoms with Gasteiger partial charge >= 0.3 is 0 Å². The van der Waals surface area contributed by atoms with E-state index in [1.807, 2.05) is 11.3 Å². The van der Waals surface area contributed by atoms with Crippen molar-refractivity contribution in [3.05, 3.63) is 20.8 Å². The largest absolute Gasteiger partial charge is 0.314 e. The Labute approximate surface area is 116 Å². The van der Waals surface area contributed by atoms with Crippen LogP contribution in [0.25, 0.3) is 0 Å². The lowest BCUT2D eigenvalue weighted by Gasteiger charge is -2.19. The summed E-state index contributed by atoms with van der Waals surface area (Å²) in [4.78, 5) is 1.56. The summed E-state index contributed by atoms with van der Waals surface area (Å²) in [6.45, 7) is 1.27. The molecule has 2 aliphatic carbocycles. The van der Waals surface area contributed by atoms with E-state index in [0.29, 0.717) is 0 Å². The van der Waals surface area contributed by atoms with Crippen LogP contribution in [-0.2, 0) is 6.42 Å². The molecule has 3 heteroatoms. The molecule has 2 saturated carbocycles. The van der Waals surface area contributed by atoms with Gasteiger partial charge in [-0.15, -0.1) is 11.3 Å². The monoisotopic (exact) mass is 313 g/mol. The van der Waals surface area contributed by atoms with Crippen molar-refractivity contribution >= 4 is 27.3 Å². The van der Waals surface area contributed by atoms with Gasteiger partial charge in [0.1, 0.15) is 0 Å². The zero-order valence-corrected chi connectivity index (χ0v) is 12.5. The highest BCUT2D eigenvalue weighted by molar-refractivity contribution is 9.10. The van der Waals surface area contributed by atoms with E-state index >= 15 is 0 Å². The van der Waals surface area contributed by atoms with Crippen LogP contribution in [0.1, 0.15) is 37.0 Å². The standard InChI is InChI=1S/C14H20BrNS/c15-12-7-14(17-9-12)6-10-2-1-3-11(10)8-16-13-4-5-13/h7,9-11,13,16H,1-6,8H2. The van der Waals surface area contributed by atoms with Crippen LogP contribution in [0, 0.1) is 11.8 Å². The first-order valence-electron chi connectivity index (χ1n) is 6.77.